The Labute approximate surface area is 155 Å². The Kier molecular flexibility index (Phi) is 7.38. The largest absolute Gasteiger partial charge is 0.481 e. The number of benzene rings is 2. The van der Waals surface area contributed by atoms with Gasteiger partial charge in [-0.15, -0.1) is 11.8 Å². The fourth-order valence-electron chi connectivity index (χ4n) is 2.37. The van der Waals surface area contributed by atoms with Crippen molar-refractivity contribution in [1.82, 2.24) is 5.32 Å². The smallest absolute Gasteiger partial charge is 0.261 e. The summed E-state index contributed by atoms with van der Waals surface area (Å²) in [6.07, 6.45) is 0.190. The first kappa shape index (κ1) is 19.4. The van der Waals surface area contributed by atoms with Crippen LogP contribution in [0.15, 0.2) is 47.4 Å². The van der Waals surface area contributed by atoms with Gasteiger partial charge in [-0.1, -0.05) is 30.7 Å². The molecule has 1 amide bonds. The highest BCUT2D eigenvalue weighted by Crippen LogP contribution is 2.19. The summed E-state index contributed by atoms with van der Waals surface area (Å²) >= 11 is 1.74. The van der Waals surface area contributed by atoms with E-state index in [1.807, 2.05) is 32.0 Å². The number of nitrogens with one attached hydrogen (secondary N) is 1. The maximum atomic E-state index is 12.3. The number of thioether (sulfide) groups is 1. The molecule has 2 rings (SSSR count). The highest BCUT2D eigenvalue weighted by Gasteiger charge is 2.18. The predicted octanol–water partition coefficient (Wildman–Crippen LogP) is 4.68. The highest BCUT2D eigenvalue weighted by atomic mass is 32.2. The number of rotatable bonds is 8. The molecule has 0 aromatic heterocycles. The summed E-state index contributed by atoms with van der Waals surface area (Å²) in [5, 5.41) is 2.98. The second kappa shape index (κ2) is 9.52. The van der Waals surface area contributed by atoms with Gasteiger partial charge in [-0.2, -0.15) is 0 Å². The van der Waals surface area contributed by atoms with Gasteiger partial charge in [0, 0.05) is 17.2 Å². The number of ether oxygens (including phenoxy) is 1. The van der Waals surface area contributed by atoms with Gasteiger partial charge in [0.25, 0.3) is 5.91 Å². The molecule has 2 aromatic carbocycles. The molecule has 0 unspecified atom stereocenters. The molecule has 2 aromatic rings. The molecule has 1 atom stereocenters. The third-order valence-corrected chi connectivity index (χ3v) is 5.12. The maximum absolute atomic E-state index is 12.3. The zero-order valence-corrected chi connectivity index (χ0v) is 16.3. The normalized spacial score (nSPS) is 11.8. The fourth-order valence-corrected chi connectivity index (χ4v) is 3.13. The van der Waals surface area contributed by atoms with E-state index in [0.717, 1.165) is 11.5 Å². The Morgan fingerprint density at radius 1 is 1.08 bits per heavy atom. The van der Waals surface area contributed by atoms with Gasteiger partial charge in [-0.05, 0) is 62.6 Å². The molecule has 0 fully saturated rings. The lowest BCUT2D eigenvalue weighted by Crippen LogP contribution is -2.39. The molecule has 0 bridgehead atoms. The Hall–Kier alpha value is -1.94. The molecular weight excluding hydrogens is 330 g/mol. The molecule has 25 heavy (non-hydrogen) atoms. The van der Waals surface area contributed by atoms with Crippen molar-refractivity contribution >= 4 is 17.7 Å². The van der Waals surface area contributed by atoms with Crippen LogP contribution in [0.25, 0.3) is 0 Å². The number of hydrogen-bond acceptors (Lipinski definition) is 3. The van der Waals surface area contributed by atoms with Crippen molar-refractivity contribution in [1.29, 1.82) is 0 Å². The molecule has 0 aliphatic heterocycles. The van der Waals surface area contributed by atoms with E-state index >= 15 is 0 Å². The Balaban J connectivity index is 1.79. The molecule has 1 N–H and O–H groups in total. The molecule has 4 heteroatoms. The topological polar surface area (TPSA) is 38.3 Å². The molecule has 0 saturated heterocycles. The van der Waals surface area contributed by atoms with Crippen molar-refractivity contribution in [3.05, 3.63) is 59.2 Å². The average molecular weight is 358 g/mol. The van der Waals surface area contributed by atoms with Crippen LogP contribution in [0.2, 0.25) is 0 Å². The average Bonchev–Trinajstić information content (AvgIpc) is 2.61. The minimum Gasteiger partial charge on any atom is -0.481 e. The van der Waals surface area contributed by atoms with Crippen molar-refractivity contribution in [3.63, 3.8) is 0 Å². The molecule has 0 radical (unpaired) electrons. The van der Waals surface area contributed by atoms with E-state index in [2.05, 4.69) is 43.4 Å². The summed E-state index contributed by atoms with van der Waals surface area (Å²) in [7, 11) is 0. The number of amides is 1. The summed E-state index contributed by atoms with van der Waals surface area (Å²) in [6.45, 7) is 8.78. The highest BCUT2D eigenvalue weighted by molar-refractivity contribution is 7.99. The number of aryl methyl sites for hydroxylation is 3. The lowest BCUT2D eigenvalue weighted by molar-refractivity contribution is -0.127. The van der Waals surface area contributed by atoms with Gasteiger partial charge < -0.3 is 10.1 Å². The number of hydrogen-bond donors (Lipinski definition) is 1. The van der Waals surface area contributed by atoms with Gasteiger partial charge >= 0.3 is 0 Å². The molecule has 134 valence electrons. The van der Waals surface area contributed by atoms with Crippen LogP contribution in [-0.4, -0.2) is 24.3 Å². The van der Waals surface area contributed by atoms with Crippen molar-refractivity contribution in [2.24, 2.45) is 0 Å². The lowest BCUT2D eigenvalue weighted by atomic mass is 10.1. The van der Waals surface area contributed by atoms with Crippen molar-refractivity contribution < 1.29 is 9.53 Å². The van der Waals surface area contributed by atoms with Crippen LogP contribution >= 0.6 is 11.8 Å². The van der Waals surface area contributed by atoms with Crippen LogP contribution in [-0.2, 0) is 4.79 Å². The van der Waals surface area contributed by atoms with E-state index in [1.54, 1.807) is 11.8 Å². The van der Waals surface area contributed by atoms with Crippen molar-refractivity contribution in [2.45, 2.75) is 45.1 Å². The second-order valence-electron chi connectivity index (χ2n) is 6.21. The summed E-state index contributed by atoms with van der Waals surface area (Å²) < 4.78 is 5.87. The van der Waals surface area contributed by atoms with Crippen LogP contribution in [0.1, 0.15) is 30.0 Å². The second-order valence-corrected chi connectivity index (χ2v) is 7.38. The zero-order valence-electron chi connectivity index (χ0n) is 15.5. The minimum absolute atomic E-state index is 0.0507. The summed E-state index contributed by atoms with van der Waals surface area (Å²) in [6, 6.07) is 14.4. The van der Waals surface area contributed by atoms with Gasteiger partial charge in [0.15, 0.2) is 6.10 Å². The van der Waals surface area contributed by atoms with Crippen LogP contribution < -0.4 is 10.1 Å². The monoisotopic (exact) mass is 357 g/mol. The van der Waals surface area contributed by atoms with E-state index in [9.17, 15) is 4.79 Å². The SMILES string of the molecule is CC[C@@H](Oc1ccc(C)c(C)c1)C(=O)NCCSc1ccc(C)cc1. The number of carbonyl (C=O) groups is 1. The van der Waals surface area contributed by atoms with Gasteiger partial charge in [-0.3, -0.25) is 4.79 Å². The molecule has 0 aliphatic rings. The quantitative estimate of drug-likeness (QED) is 0.551. The molecule has 0 spiro atoms. The lowest BCUT2D eigenvalue weighted by Gasteiger charge is -2.18. The molecular formula is C21H27NO2S. The van der Waals surface area contributed by atoms with Crippen LogP contribution in [0, 0.1) is 20.8 Å². The number of carbonyl (C=O) groups excluding carboxylic acids is 1. The van der Waals surface area contributed by atoms with Crippen LogP contribution in [0.4, 0.5) is 0 Å². The molecule has 0 saturated carbocycles. The predicted molar refractivity (Wildman–Crippen MR) is 106 cm³/mol. The zero-order chi connectivity index (χ0) is 18.2. The molecule has 0 aliphatic carbocycles. The van der Waals surface area contributed by atoms with Crippen molar-refractivity contribution in [3.8, 4) is 5.75 Å². The van der Waals surface area contributed by atoms with E-state index in [0.29, 0.717) is 13.0 Å². The van der Waals surface area contributed by atoms with Gasteiger partial charge in [-0.25, -0.2) is 0 Å². The molecule has 0 heterocycles. The minimum atomic E-state index is -0.452. The Morgan fingerprint density at radius 2 is 1.80 bits per heavy atom. The van der Waals surface area contributed by atoms with Gasteiger partial charge in [0.05, 0.1) is 0 Å². The molecule has 3 nitrogen and oxygen atoms in total. The van der Waals surface area contributed by atoms with Crippen LogP contribution in [0.3, 0.4) is 0 Å². The van der Waals surface area contributed by atoms with Crippen LogP contribution in [0.5, 0.6) is 5.75 Å². The van der Waals surface area contributed by atoms with E-state index in [1.165, 1.54) is 21.6 Å². The maximum Gasteiger partial charge on any atom is 0.261 e. The fraction of sp³-hybridized carbons (Fsp3) is 0.381. The first-order chi connectivity index (χ1) is 12.0. The Bertz CT molecular complexity index is 698. The van der Waals surface area contributed by atoms with Gasteiger partial charge in [0.1, 0.15) is 5.75 Å². The summed E-state index contributed by atoms with van der Waals surface area (Å²) in [4.78, 5) is 13.6. The third kappa shape index (κ3) is 6.13. The van der Waals surface area contributed by atoms with E-state index in [4.69, 9.17) is 4.74 Å². The van der Waals surface area contributed by atoms with E-state index in [-0.39, 0.29) is 5.91 Å². The van der Waals surface area contributed by atoms with E-state index < -0.39 is 6.10 Å². The third-order valence-electron chi connectivity index (χ3n) is 4.11. The Morgan fingerprint density at radius 3 is 2.44 bits per heavy atom. The summed E-state index contributed by atoms with van der Waals surface area (Å²) in [5.41, 5.74) is 3.65. The van der Waals surface area contributed by atoms with Gasteiger partial charge in [0.2, 0.25) is 0 Å². The first-order valence-corrected chi connectivity index (χ1v) is 9.69. The van der Waals surface area contributed by atoms with Crippen molar-refractivity contribution in [2.75, 3.05) is 12.3 Å². The summed E-state index contributed by atoms with van der Waals surface area (Å²) in [5.74, 6) is 1.54. The first-order valence-electron chi connectivity index (χ1n) is 8.70. The standard InChI is InChI=1S/C21H27NO2S/c1-5-20(24-18-9-8-16(3)17(4)14-18)21(23)22-12-13-25-19-10-6-15(2)7-11-19/h6-11,14,20H,5,12-13H2,1-4H3,(H,22,23)/t20-/m1/s1.